The number of aromatic nitrogens is 1. The maximum absolute atomic E-state index is 11.1. The van der Waals surface area contributed by atoms with Crippen LogP contribution in [-0.2, 0) is 11.8 Å². The molecule has 0 aliphatic rings. The summed E-state index contributed by atoms with van der Waals surface area (Å²) < 4.78 is 24.6. The van der Waals surface area contributed by atoms with Crippen LogP contribution in [0.15, 0.2) is 114 Å². The van der Waals surface area contributed by atoms with Crippen molar-refractivity contribution < 1.29 is 27.8 Å². The molecule has 0 saturated carbocycles. The van der Waals surface area contributed by atoms with Crippen molar-refractivity contribution in [3.8, 4) is 28.7 Å². The molecule has 0 bridgehead atoms. The van der Waals surface area contributed by atoms with Gasteiger partial charge in [0.1, 0.15) is 22.8 Å². The van der Waals surface area contributed by atoms with Crippen molar-refractivity contribution in [3.05, 3.63) is 129 Å². The zero-order valence-electron chi connectivity index (χ0n) is 21.4. The smallest absolute Gasteiger partial charge is 0.436 e. The summed E-state index contributed by atoms with van der Waals surface area (Å²) >= 11 is 5.84. The number of nitrogens with zero attached hydrogens (tertiary/aromatic N) is 3. The van der Waals surface area contributed by atoms with Gasteiger partial charge in [-0.05, 0) is 53.2 Å². The lowest BCUT2D eigenvalue weighted by Gasteiger charge is -2.24. The van der Waals surface area contributed by atoms with Crippen LogP contribution in [0.25, 0.3) is 33.3 Å². The average Bonchev–Trinajstić information content (AvgIpc) is 3.41. The highest BCUT2D eigenvalue weighted by molar-refractivity contribution is 8.08. The van der Waals surface area contributed by atoms with E-state index >= 15 is 0 Å². The largest absolute Gasteiger partial charge is 0.490 e. The van der Waals surface area contributed by atoms with E-state index in [0.29, 0.717) is 16.7 Å². The van der Waals surface area contributed by atoms with Crippen molar-refractivity contribution in [1.82, 2.24) is 4.98 Å². The number of nitro benzene ring substituents is 2. The van der Waals surface area contributed by atoms with Crippen molar-refractivity contribution in [2.75, 3.05) is 0 Å². The van der Waals surface area contributed by atoms with Crippen LogP contribution in [0.3, 0.4) is 0 Å². The van der Waals surface area contributed by atoms with Crippen LogP contribution in [0, 0.1) is 20.2 Å². The maximum Gasteiger partial charge on any atom is 0.490 e. The van der Waals surface area contributed by atoms with E-state index in [1.165, 1.54) is 48.5 Å². The van der Waals surface area contributed by atoms with E-state index in [4.69, 9.17) is 29.8 Å². The van der Waals surface area contributed by atoms with Crippen LogP contribution in [0.2, 0.25) is 0 Å². The topological polar surface area (TPSA) is 140 Å². The molecule has 0 aliphatic heterocycles. The molecule has 0 fully saturated rings. The molecular formula is C29H18N3O8PS. The van der Waals surface area contributed by atoms with Crippen LogP contribution >= 0.6 is 6.72 Å². The first-order chi connectivity index (χ1) is 20.3. The Morgan fingerprint density at radius 2 is 1.26 bits per heavy atom. The Kier molecular flexibility index (Phi) is 6.99. The Morgan fingerprint density at radius 1 is 0.690 bits per heavy atom. The summed E-state index contributed by atoms with van der Waals surface area (Å²) in [6.07, 6.45) is 0. The minimum atomic E-state index is -3.80. The molecule has 0 radical (unpaired) electrons. The van der Waals surface area contributed by atoms with Crippen molar-refractivity contribution in [3.63, 3.8) is 0 Å². The number of hydrogen-bond donors (Lipinski definition) is 0. The van der Waals surface area contributed by atoms with Gasteiger partial charge in [0.2, 0.25) is 5.89 Å². The first-order valence-corrected chi connectivity index (χ1v) is 14.9. The first-order valence-electron chi connectivity index (χ1n) is 12.3. The molecule has 11 nitrogen and oxygen atoms in total. The Bertz CT molecular complexity index is 1920. The lowest BCUT2D eigenvalue weighted by atomic mass is 10.0. The normalized spacial score (nSPS) is 11.3. The van der Waals surface area contributed by atoms with Crippen LogP contribution in [0.4, 0.5) is 11.4 Å². The molecule has 208 valence electrons. The van der Waals surface area contributed by atoms with Gasteiger partial charge in [-0.2, -0.15) is 0 Å². The SMILES string of the molecule is O=[N+]([O-])c1ccc(OP(=S)(Oc2ccc([N+](=O)[O-])cc2)Oc2ccc3ccccc3c2-c2nc3ccccc3o2)cc1. The van der Waals surface area contributed by atoms with Gasteiger partial charge < -0.3 is 18.0 Å². The monoisotopic (exact) mass is 599 g/mol. The minimum Gasteiger partial charge on any atom is -0.436 e. The van der Waals surface area contributed by atoms with Crippen LogP contribution in [0.5, 0.6) is 17.2 Å². The fraction of sp³-hybridized carbons (Fsp3) is 0. The zero-order valence-corrected chi connectivity index (χ0v) is 23.1. The molecule has 6 rings (SSSR count). The summed E-state index contributed by atoms with van der Waals surface area (Å²) in [5.41, 5.74) is 1.46. The molecule has 0 N–H and O–H groups in total. The first kappa shape index (κ1) is 26.9. The third kappa shape index (κ3) is 5.49. The predicted molar refractivity (Wildman–Crippen MR) is 159 cm³/mol. The van der Waals surface area contributed by atoms with Gasteiger partial charge in [-0.25, -0.2) is 4.98 Å². The molecule has 1 aromatic heterocycles. The Morgan fingerprint density at radius 3 is 1.86 bits per heavy atom. The fourth-order valence-electron chi connectivity index (χ4n) is 4.22. The summed E-state index contributed by atoms with van der Waals surface area (Å²) in [4.78, 5) is 25.9. The van der Waals surface area contributed by atoms with Gasteiger partial charge in [-0.1, -0.05) is 42.5 Å². The van der Waals surface area contributed by atoms with Crippen molar-refractivity contribution >= 4 is 51.8 Å². The van der Waals surface area contributed by atoms with Gasteiger partial charge >= 0.3 is 6.72 Å². The zero-order chi connectivity index (χ0) is 29.3. The molecule has 0 atom stereocenters. The van der Waals surface area contributed by atoms with E-state index < -0.39 is 16.6 Å². The van der Waals surface area contributed by atoms with E-state index in [1.807, 2.05) is 48.5 Å². The van der Waals surface area contributed by atoms with Gasteiger partial charge in [0.25, 0.3) is 11.4 Å². The summed E-state index contributed by atoms with van der Waals surface area (Å²) in [5, 5.41) is 23.9. The van der Waals surface area contributed by atoms with Gasteiger partial charge in [0, 0.05) is 36.1 Å². The second kappa shape index (κ2) is 10.9. The predicted octanol–water partition coefficient (Wildman–Crippen LogP) is 8.23. The van der Waals surface area contributed by atoms with E-state index in [9.17, 15) is 20.2 Å². The van der Waals surface area contributed by atoms with Crippen LogP contribution in [0.1, 0.15) is 0 Å². The molecular weight excluding hydrogens is 581 g/mol. The quantitative estimate of drug-likeness (QED) is 0.0906. The van der Waals surface area contributed by atoms with Gasteiger partial charge in [-0.15, -0.1) is 0 Å². The molecule has 13 heteroatoms. The van der Waals surface area contributed by atoms with E-state index in [-0.39, 0.29) is 34.5 Å². The Balaban J connectivity index is 1.45. The number of non-ortho nitro benzene ring substituents is 2. The summed E-state index contributed by atoms with van der Waals surface area (Å²) in [6.45, 7) is -3.80. The van der Waals surface area contributed by atoms with Gasteiger partial charge in [0.15, 0.2) is 5.58 Å². The minimum absolute atomic E-state index is 0.138. The highest BCUT2D eigenvalue weighted by atomic mass is 32.5. The van der Waals surface area contributed by atoms with Crippen molar-refractivity contribution in [2.45, 2.75) is 0 Å². The highest BCUT2D eigenvalue weighted by Crippen LogP contribution is 2.53. The summed E-state index contributed by atoms with van der Waals surface area (Å²) in [7, 11) is 0. The van der Waals surface area contributed by atoms with Gasteiger partial charge in [-0.3, -0.25) is 20.2 Å². The Labute approximate surface area is 242 Å². The van der Waals surface area contributed by atoms with Crippen molar-refractivity contribution in [1.29, 1.82) is 0 Å². The molecule has 0 spiro atoms. The van der Waals surface area contributed by atoms with Gasteiger partial charge in [0.05, 0.1) is 15.4 Å². The molecule has 6 aromatic rings. The standard InChI is InChI=1S/C29H18N3O8PS/c33-31(34)20-10-14-22(15-11-20)38-41(42,39-23-16-12-21(13-17-23)32(35)36)40-27-18-9-19-5-1-2-6-24(19)28(27)29-30-25-7-3-4-8-26(25)37-29/h1-18H. The number of rotatable bonds is 9. The molecule has 0 aliphatic carbocycles. The van der Waals surface area contributed by atoms with Crippen molar-refractivity contribution in [2.24, 2.45) is 0 Å². The summed E-state index contributed by atoms with van der Waals surface area (Å²) in [6, 6.07) is 29.0. The lowest BCUT2D eigenvalue weighted by Crippen LogP contribution is -2.08. The number of fused-ring (bicyclic) bond motifs is 2. The molecule has 0 amide bonds. The number of oxazole rings is 1. The average molecular weight is 600 g/mol. The number of benzene rings is 5. The lowest BCUT2D eigenvalue weighted by molar-refractivity contribution is -0.385. The number of para-hydroxylation sites is 2. The third-order valence-corrected chi connectivity index (χ3v) is 8.10. The Hall–Kier alpha value is -5.32. The van der Waals surface area contributed by atoms with E-state index in [0.717, 1.165) is 10.8 Å². The molecule has 5 aromatic carbocycles. The van der Waals surface area contributed by atoms with Crippen LogP contribution < -0.4 is 13.6 Å². The number of hydrogen-bond acceptors (Lipinski definition) is 10. The van der Waals surface area contributed by atoms with Crippen LogP contribution in [-0.4, -0.2) is 14.8 Å². The molecule has 0 unspecified atom stereocenters. The van der Waals surface area contributed by atoms with E-state index in [2.05, 4.69) is 4.98 Å². The highest BCUT2D eigenvalue weighted by Gasteiger charge is 2.30. The summed E-state index contributed by atoms with van der Waals surface area (Å²) in [5.74, 6) is 0.868. The fourth-order valence-corrected chi connectivity index (χ4v) is 6.24. The molecule has 1 heterocycles. The molecule has 42 heavy (non-hydrogen) atoms. The second-order valence-electron chi connectivity index (χ2n) is 8.87. The second-order valence-corrected chi connectivity index (χ2v) is 11.7. The molecule has 0 saturated heterocycles. The maximum atomic E-state index is 11.1. The third-order valence-electron chi connectivity index (χ3n) is 6.14. The van der Waals surface area contributed by atoms with E-state index in [1.54, 1.807) is 12.1 Å². The number of nitro groups is 2.